The van der Waals surface area contributed by atoms with Gasteiger partial charge in [-0.05, 0) is 31.2 Å². The SMILES string of the molecule is C=C(Br)CNC(C)c1cc2cc(Br)ccc2o1. The molecule has 17 heavy (non-hydrogen) atoms. The molecule has 1 aromatic heterocycles. The van der Waals surface area contributed by atoms with Crippen LogP contribution in [0.5, 0.6) is 0 Å². The summed E-state index contributed by atoms with van der Waals surface area (Å²) in [6.45, 7) is 6.59. The molecule has 0 amide bonds. The predicted molar refractivity (Wildman–Crippen MR) is 78.4 cm³/mol. The molecule has 1 heterocycles. The number of hydrogen-bond acceptors (Lipinski definition) is 2. The molecule has 90 valence electrons. The second-order valence-electron chi connectivity index (χ2n) is 3.95. The summed E-state index contributed by atoms with van der Waals surface area (Å²) in [5, 5.41) is 4.43. The summed E-state index contributed by atoms with van der Waals surface area (Å²) in [7, 11) is 0. The van der Waals surface area contributed by atoms with Crippen molar-refractivity contribution in [1.29, 1.82) is 0 Å². The van der Waals surface area contributed by atoms with Crippen molar-refractivity contribution in [2.75, 3.05) is 6.54 Å². The van der Waals surface area contributed by atoms with Gasteiger partial charge in [0.05, 0.1) is 6.04 Å². The maximum absolute atomic E-state index is 5.79. The van der Waals surface area contributed by atoms with Crippen LogP contribution in [-0.2, 0) is 0 Å². The van der Waals surface area contributed by atoms with E-state index in [2.05, 4.69) is 62.8 Å². The fourth-order valence-corrected chi connectivity index (χ4v) is 2.15. The number of hydrogen-bond donors (Lipinski definition) is 1. The third-order valence-electron chi connectivity index (χ3n) is 2.52. The first-order valence-electron chi connectivity index (χ1n) is 5.32. The van der Waals surface area contributed by atoms with Gasteiger partial charge in [0.2, 0.25) is 0 Å². The van der Waals surface area contributed by atoms with Crippen molar-refractivity contribution >= 4 is 42.8 Å². The standard InChI is InChI=1S/C13H13Br2NO/c1-8(14)7-16-9(2)13-6-10-5-11(15)3-4-12(10)17-13/h3-6,9,16H,1,7H2,2H3. The van der Waals surface area contributed by atoms with Crippen molar-refractivity contribution in [3.63, 3.8) is 0 Å². The van der Waals surface area contributed by atoms with Gasteiger partial charge in [0.15, 0.2) is 0 Å². The highest BCUT2D eigenvalue weighted by atomic mass is 79.9. The van der Waals surface area contributed by atoms with Gasteiger partial charge in [-0.1, -0.05) is 38.4 Å². The molecule has 1 aromatic carbocycles. The molecule has 2 aromatic rings. The Kier molecular flexibility index (Phi) is 4.07. The van der Waals surface area contributed by atoms with E-state index in [-0.39, 0.29) is 6.04 Å². The van der Waals surface area contributed by atoms with Crippen LogP contribution in [0.2, 0.25) is 0 Å². The molecule has 0 bridgehead atoms. The molecule has 1 N–H and O–H groups in total. The van der Waals surface area contributed by atoms with Gasteiger partial charge >= 0.3 is 0 Å². The molecule has 0 aliphatic carbocycles. The highest BCUT2D eigenvalue weighted by molar-refractivity contribution is 9.11. The molecule has 4 heteroatoms. The van der Waals surface area contributed by atoms with Crippen LogP contribution in [0.15, 0.2) is 44.2 Å². The minimum atomic E-state index is 0.162. The number of fused-ring (bicyclic) bond motifs is 1. The monoisotopic (exact) mass is 357 g/mol. The first kappa shape index (κ1) is 12.9. The average Bonchev–Trinajstić information content (AvgIpc) is 2.68. The van der Waals surface area contributed by atoms with E-state index in [1.165, 1.54) is 0 Å². The van der Waals surface area contributed by atoms with E-state index >= 15 is 0 Å². The van der Waals surface area contributed by atoms with E-state index in [1.807, 2.05) is 12.1 Å². The number of benzene rings is 1. The molecule has 1 atom stereocenters. The Hall–Kier alpha value is -0.580. The Morgan fingerprint density at radius 3 is 2.94 bits per heavy atom. The normalized spacial score (nSPS) is 12.9. The van der Waals surface area contributed by atoms with Crippen LogP contribution < -0.4 is 5.32 Å². The topological polar surface area (TPSA) is 25.2 Å². The van der Waals surface area contributed by atoms with Crippen molar-refractivity contribution in [1.82, 2.24) is 5.32 Å². The van der Waals surface area contributed by atoms with Crippen molar-refractivity contribution in [2.24, 2.45) is 0 Å². The summed E-state index contributed by atoms with van der Waals surface area (Å²) < 4.78 is 7.78. The zero-order chi connectivity index (χ0) is 12.4. The summed E-state index contributed by atoms with van der Waals surface area (Å²) in [6, 6.07) is 8.23. The molecule has 0 saturated heterocycles. The lowest BCUT2D eigenvalue weighted by atomic mass is 10.2. The van der Waals surface area contributed by atoms with Crippen molar-refractivity contribution in [3.8, 4) is 0 Å². The fraction of sp³-hybridized carbons (Fsp3) is 0.231. The molecular weight excluding hydrogens is 346 g/mol. The smallest absolute Gasteiger partial charge is 0.134 e. The molecular formula is C13H13Br2NO. The van der Waals surface area contributed by atoms with Crippen molar-refractivity contribution in [3.05, 3.63) is 45.6 Å². The summed E-state index contributed by atoms with van der Waals surface area (Å²) in [4.78, 5) is 0. The lowest BCUT2D eigenvalue weighted by Crippen LogP contribution is -2.19. The second kappa shape index (κ2) is 5.38. The Bertz CT molecular complexity index is 547. The van der Waals surface area contributed by atoms with Gasteiger partial charge in [-0.3, -0.25) is 0 Å². The molecule has 2 rings (SSSR count). The first-order valence-corrected chi connectivity index (χ1v) is 6.90. The highest BCUT2D eigenvalue weighted by Crippen LogP contribution is 2.26. The van der Waals surface area contributed by atoms with E-state index in [0.717, 1.165) is 32.2 Å². The largest absolute Gasteiger partial charge is 0.459 e. The molecule has 0 saturated carbocycles. The second-order valence-corrected chi connectivity index (χ2v) is 5.99. The first-order chi connectivity index (χ1) is 8.06. The van der Waals surface area contributed by atoms with Gasteiger partial charge in [-0.25, -0.2) is 0 Å². The zero-order valence-electron chi connectivity index (χ0n) is 9.47. The zero-order valence-corrected chi connectivity index (χ0v) is 12.6. The predicted octanol–water partition coefficient (Wildman–Crippen LogP) is 4.75. The average molecular weight is 359 g/mol. The third kappa shape index (κ3) is 3.21. The third-order valence-corrected chi connectivity index (χ3v) is 3.30. The van der Waals surface area contributed by atoms with E-state index in [1.54, 1.807) is 0 Å². The van der Waals surface area contributed by atoms with Crippen LogP contribution in [0.3, 0.4) is 0 Å². The molecule has 0 aliphatic heterocycles. The Balaban J connectivity index is 2.21. The van der Waals surface area contributed by atoms with Crippen LogP contribution in [0, 0.1) is 0 Å². The number of rotatable bonds is 4. The molecule has 0 fully saturated rings. The Labute approximate surface area is 117 Å². The van der Waals surface area contributed by atoms with E-state index in [4.69, 9.17) is 4.42 Å². The lowest BCUT2D eigenvalue weighted by Gasteiger charge is -2.09. The van der Waals surface area contributed by atoms with Gasteiger partial charge in [-0.2, -0.15) is 0 Å². The van der Waals surface area contributed by atoms with Crippen LogP contribution in [0.1, 0.15) is 18.7 Å². The molecule has 0 radical (unpaired) electrons. The summed E-state index contributed by atoms with van der Waals surface area (Å²) >= 11 is 6.78. The van der Waals surface area contributed by atoms with Crippen molar-refractivity contribution < 1.29 is 4.42 Å². The molecule has 1 unspecified atom stereocenters. The maximum atomic E-state index is 5.79. The number of furan rings is 1. The molecule has 0 aliphatic rings. The van der Waals surface area contributed by atoms with Gasteiger partial charge in [0.25, 0.3) is 0 Å². The van der Waals surface area contributed by atoms with Crippen LogP contribution in [-0.4, -0.2) is 6.54 Å². The van der Waals surface area contributed by atoms with Crippen LogP contribution in [0.4, 0.5) is 0 Å². The van der Waals surface area contributed by atoms with E-state index in [9.17, 15) is 0 Å². The van der Waals surface area contributed by atoms with Gasteiger partial charge in [-0.15, -0.1) is 0 Å². The lowest BCUT2D eigenvalue weighted by molar-refractivity contribution is 0.464. The minimum Gasteiger partial charge on any atom is -0.459 e. The molecule has 2 nitrogen and oxygen atoms in total. The van der Waals surface area contributed by atoms with Crippen LogP contribution >= 0.6 is 31.9 Å². The minimum absolute atomic E-state index is 0.162. The summed E-state index contributed by atoms with van der Waals surface area (Å²) in [6.07, 6.45) is 0. The van der Waals surface area contributed by atoms with Crippen LogP contribution in [0.25, 0.3) is 11.0 Å². The number of halogens is 2. The summed E-state index contributed by atoms with van der Waals surface area (Å²) in [5.41, 5.74) is 0.912. The number of nitrogens with one attached hydrogen (secondary N) is 1. The van der Waals surface area contributed by atoms with Gasteiger partial charge < -0.3 is 9.73 Å². The van der Waals surface area contributed by atoms with E-state index in [0.29, 0.717) is 0 Å². The summed E-state index contributed by atoms with van der Waals surface area (Å²) in [5.74, 6) is 0.937. The van der Waals surface area contributed by atoms with E-state index < -0.39 is 0 Å². The maximum Gasteiger partial charge on any atom is 0.134 e. The van der Waals surface area contributed by atoms with Gasteiger partial charge in [0, 0.05) is 20.9 Å². The fourth-order valence-electron chi connectivity index (χ4n) is 1.61. The van der Waals surface area contributed by atoms with Gasteiger partial charge in [0.1, 0.15) is 11.3 Å². The highest BCUT2D eigenvalue weighted by Gasteiger charge is 2.11. The molecule has 0 spiro atoms. The quantitative estimate of drug-likeness (QED) is 0.852. The Morgan fingerprint density at radius 2 is 2.24 bits per heavy atom. The Morgan fingerprint density at radius 1 is 1.47 bits per heavy atom. The van der Waals surface area contributed by atoms with Crippen molar-refractivity contribution in [2.45, 2.75) is 13.0 Å².